The van der Waals surface area contributed by atoms with Crippen molar-refractivity contribution < 1.29 is 4.79 Å². The molecule has 1 amide bonds. The van der Waals surface area contributed by atoms with E-state index in [9.17, 15) is 4.79 Å². The summed E-state index contributed by atoms with van der Waals surface area (Å²) in [7, 11) is 0. The molecule has 0 aliphatic carbocycles. The van der Waals surface area contributed by atoms with E-state index in [1.54, 1.807) is 0 Å². The van der Waals surface area contributed by atoms with Gasteiger partial charge in [0, 0.05) is 5.69 Å². The van der Waals surface area contributed by atoms with Gasteiger partial charge in [-0.1, -0.05) is 18.2 Å². The zero-order valence-electron chi connectivity index (χ0n) is 10.0. The van der Waals surface area contributed by atoms with E-state index in [4.69, 9.17) is 0 Å². The van der Waals surface area contributed by atoms with E-state index >= 15 is 0 Å². The summed E-state index contributed by atoms with van der Waals surface area (Å²) in [5.41, 5.74) is 0.453. The minimum atomic E-state index is -0.409. The number of anilines is 1. The largest absolute Gasteiger partial charge is 0.324 e. The van der Waals surface area contributed by atoms with Crippen molar-refractivity contribution in [3.8, 4) is 0 Å². The summed E-state index contributed by atoms with van der Waals surface area (Å²) >= 11 is 0. The fourth-order valence-corrected chi connectivity index (χ4v) is 2.04. The second kappa shape index (κ2) is 6.03. The molecule has 1 fully saturated rings. The minimum absolute atomic E-state index is 0. The van der Waals surface area contributed by atoms with E-state index in [1.807, 2.05) is 37.3 Å². The maximum Gasteiger partial charge on any atom is 0.244 e. The molecular formula is C13H19ClN2O. The SMILES string of the molecule is CC1(C(=O)Nc2ccccc2)CCCCN1.Cl. The van der Waals surface area contributed by atoms with Crippen molar-refractivity contribution in [1.82, 2.24) is 5.32 Å². The van der Waals surface area contributed by atoms with Crippen LogP contribution in [0.1, 0.15) is 26.2 Å². The second-order valence-corrected chi connectivity index (χ2v) is 4.54. The van der Waals surface area contributed by atoms with Crippen molar-refractivity contribution in [2.24, 2.45) is 0 Å². The Kier molecular flexibility index (Phi) is 4.97. The van der Waals surface area contributed by atoms with Crippen LogP contribution in [0.5, 0.6) is 0 Å². The van der Waals surface area contributed by atoms with Gasteiger partial charge in [0.15, 0.2) is 0 Å². The third kappa shape index (κ3) is 3.45. The lowest BCUT2D eigenvalue weighted by Gasteiger charge is -2.33. The highest BCUT2D eigenvalue weighted by Crippen LogP contribution is 2.20. The number of carbonyl (C=O) groups is 1. The zero-order chi connectivity index (χ0) is 11.4. The number of carbonyl (C=O) groups excluding carboxylic acids is 1. The van der Waals surface area contributed by atoms with Crippen LogP contribution in [0.4, 0.5) is 5.69 Å². The number of para-hydroxylation sites is 1. The van der Waals surface area contributed by atoms with Crippen LogP contribution in [0.15, 0.2) is 30.3 Å². The van der Waals surface area contributed by atoms with Crippen LogP contribution in [0.3, 0.4) is 0 Å². The van der Waals surface area contributed by atoms with Gasteiger partial charge in [-0.3, -0.25) is 4.79 Å². The van der Waals surface area contributed by atoms with E-state index < -0.39 is 5.54 Å². The average molecular weight is 255 g/mol. The predicted octanol–water partition coefficient (Wildman–Crippen LogP) is 2.58. The molecule has 94 valence electrons. The summed E-state index contributed by atoms with van der Waals surface area (Å²) in [6, 6.07) is 9.60. The number of halogens is 1. The van der Waals surface area contributed by atoms with Gasteiger partial charge in [-0.05, 0) is 44.9 Å². The molecule has 2 rings (SSSR count). The third-order valence-electron chi connectivity index (χ3n) is 3.15. The Morgan fingerprint density at radius 2 is 2.00 bits per heavy atom. The van der Waals surface area contributed by atoms with Crippen molar-refractivity contribution in [2.45, 2.75) is 31.7 Å². The fourth-order valence-electron chi connectivity index (χ4n) is 2.04. The first kappa shape index (κ1) is 14.0. The molecule has 0 saturated carbocycles. The van der Waals surface area contributed by atoms with Crippen LogP contribution < -0.4 is 10.6 Å². The van der Waals surface area contributed by atoms with Gasteiger partial charge in [-0.25, -0.2) is 0 Å². The topological polar surface area (TPSA) is 41.1 Å². The van der Waals surface area contributed by atoms with Gasteiger partial charge in [0.1, 0.15) is 0 Å². The number of hydrogen-bond donors (Lipinski definition) is 2. The summed E-state index contributed by atoms with van der Waals surface area (Å²) < 4.78 is 0. The van der Waals surface area contributed by atoms with E-state index in [0.29, 0.717) is 0 Å². The Hall–Kier alpha value is -1.06. The van der Waals surface area contributed by atoms with Crippen LogP contribution in [-0.2, 0) is 4.79 Å². The van der Waals surface area contributed by atoms with Crippen molar-refractivity contribution in [2.75, 3.05) is 11.9 Å². The predicted molar refractivity (Wildman–Crippen MR) is 72.6 cm³/mol. The number of nitrogens with one attached hydrogen (secondary N) is 2. The molecule has 1 aliphatic heterocycles. The number of hydrogen-bond acceptors (Lipinski definition) is 2. The van der Waals surface area contributed by atoms with Gasteiger partial charge in [0.25, 0.3) is 0 Å². The number of amides is 1. The molecule has 1 aromatic rings. The number of piperidine rings is 1. The van der Waals surface area contributed by atoms with Gasteiger partial charge >= 0.3 is 0 Å². The molecule has 1 atom stereocenters. The molecule has 0 bridgehead atoms. The lowest BCUT2D eigenvalue weighted by Crippen LogP contribution is -2.54. The van der Waals surface area contributed by atoms with Crippen LogP contribution in [0.2, 0.25) is 0 Å². The van der Waals surface area contributed by atoms with E-state index in [1.165, 1.54) is 0 Å². The first-order valence-corrected chi connectivity index (χ1v) is 5.82. The number of rotatable bonds is 2. The van der Waals surface area contributed by atoms with Crippen molar-refractivity contribution in [1.29, 1.82) is 0 Å². The second-order valence-electron chi connectivity index (χ2n) is 4.54. The standard InChI is InChI=1S/C13H18N2O.ClH/c1-13(9-5-6-10-14-13)12(16)15-11-7-3-2-4-8-11;/h2-4,7-8,14H,5-6,9-10H2,1H3,(H,15,16);1H. The summed E-state index contributed by atoms with van der Waals surface area (Å²) in [6.07, 6.45) is 3.19. The highest BCUT2D eigenvalue weighted by molar-refractivity contribution is 5.97. The lowest BCUT2D eigenvalue weighted by molar-refractivity contribution is -0.122. The van der Waals surface area contributed by atoms with E-state index in [2.05, 4.69) is 10.6 Å². The van der Waals surface area contributed by atoms with Crippen LogP contribution in [0.25, 0.3) is 0 Å². The Balaban J connectivity index is 0.00000144. The van der Waals surface area contributed by atoms with Gasteiger partial charge in [-0.15, -0.1) is 12.4 Å². The third-order valence-corrected chi connectivity index (χ3v) is 3.15. The molecule has 1 unspecified atom stereocenters. The van der Waals surface area contributed by atoms with Crippen LogP contribution >= 0.6 is 12.4 Å². The van der Waals surface area contributed by atoms with Gasteiger partial charge in [0.05, 0.1) is 5.54 Å². The smallest absolute Gasteiger partial charge is 0.244 e. The van der Waals surface area contributed by atoms with Crippen LogP contribution in [-0.4, -0.2) is 18.0 Å². The first-order valence-electron chi connectivity index (χ1n) is 5.82. The highest BCUT2D eigenvalue weighted by Gasteiger charge is 2.34. The maximum absolute atomic E-state index is 12.1. The molecule has 1 aromatic carbocycles. The van der Waals surface area contributed by atoms with Crippen molar-refractivity contribution >= 4 is 24.0 Å². The molecule has 17 heavy (non-hydrogen) atoms. The summed E-state index contributed by atoms with van der Waals surface area (Å²) in [5, 5.41) is 6.25. The van der Waals surface area contributed by atoms with Gasteiger partial charge < -0.3 is 10.6 Å². The summed E-state index contributed by atoms with van der Waals surface area (Å²) in [5.74, 6) is 0.0680. The normalized spacial score (nSPS) is 23.6. The Bertz CT molecular complexity index is 361. The molecule has 0 radical (unpaired) electrons. The molecule has 1 aliphatic rings. The molecule has 1 heterocycles. The Labute approximate surface area is 108 Å². The number of benzene rings is 1. The fraction of sp³-hybridized carbons (Fsp3) is 0.462. The Morgan fingerprint density at radius 1 is 1.29 bits per heavy atom. The monoisotopic (exact) mass is 254 g/mol. The molecular weight excluding hydrogens is 236 g/mol. The molecule has 4 heteroatoms. The molecule has 0 aromatic heterocycles. The summed E-state index contributed by atoms with van der Waals surface area (Å²) in [6.45, 7) is 2.91. The van der Waals surface area contributed by atoms with Gasteiger partial charge in [-0.2, -0.15) is 0 Å². The first-order chi connectivity index (χ1) is 7.71. The molecule has 0 spiro atoms. The van der Waals surface area contributed by atoms with Crippen LogP contribution in [0, 0.1) is 0 Å². The quantitative estimate of drug-likeness (QED) is 0.852. The van der Waals surface area contributed by atoms with Crippen molar-refractivity contribution in [3.63, 3.8) is 0 Å². The van der Waals surface area contributed by atoms with E-state index in [-0.39, 0.29) is 18.3 Å². The van der Waals surface area contributed by atoms with Gasteiger partial charge in [0.2, 0.25) is 5.91 Å². The Morgan fingerprint density at radius 3 is 2.59 bits per heavy atom. The minimum Gasteiger partial charge on any atom is -0.324 e. The lowest BCUT2D eigenvalue weighted by atomic mass is 9.90. The molecule has 1 saturated heterocycles. The average Bonchev–Trinajstić information content (AvgIpc) is 2.31. The highest BCUT2D eigenvalue weighted by atomic mass is 35.5. The molecule has 3 nitrogen and oxygen atoms in total. The van der Waals surface area contributed by atoms with E-state index in [0.717, 1.165) is 31.5 Å². The van der Waals surface area contributed by atoms with Crippen molar-refractivity contribution in [3.05, 3.63) is 30.3 Å². The summed E-state index contributed by atoms with van der Waals surface area (Å²) in [4.78, 5) is 12.1. The maximum atomic E-state index is 12.1. The molecule has 2 N–H and O–H groups in total. The zero-order valence-corrected chi connectivity index (χ0v) is 10.8.